The van der Waals surface area contributed by atoms with Gasteiger partial charge in [-0.15, -0.1) is 0 Å². The zero-order valence-electron chi connectivity index (χ0n) is 26.9. The zero-order chi connectivity index (χ0) is 34.2. The number of nitrogens with zero attached hydrogens (tertiary/aromatic N) is 5. The quantitative estimate of drug-likeness (QED) is 0.226. The summed E-state index contributed by atoms with van der Waals surface area (Å²) in [5, 5.41) is 14.6. The molecule has 4 aliphatic rings. The SMILES string of the molecule is CC[C@@H]1N[C@H](C)CN2c3nc(OC[C@@]45CCCN4C[C@H](F)C5)nc4c(F)c(-c5cc(O)cc6ccc(F)c(C=C(F)F)c56)nc(c34)OC[C@H]12. The van der Waals surface area contributed by atoms with Gasteiger partial charge in [-0.2, -0.15) is 18.7 Å². The predicted molar refractivity (Wildman–Crippen MR) is 174 cm³/mol. The molecule has 0 unspecified atom stereocenters. The topological polar surface area (TPSA) is 95.9 Å². The highest BCUT2D eigenvalue weighted by Gasteiger charge is 2.49. The van der Waals surface area contributed by atoms with Crippen LogP contribution < -0.4 is 19.7 Å². The predicted octanol–water partition coefficient (Wildman–Crippen LogP) is 6.36. The van der Waals surface area contributed by atoms with Gasteiger partial charge in [0.15, 0.2) is 5.82 Å². The minimum absolute atomic E-state index is 0.00291. The van der Waals surface area contributed by atoms with Gasteiger partial charge in [-0.25, -0.2) is 18.2 Å². The van der Waals surface area contributed by atoms with E-state index in [4.69, 9.17) is 14.5 Å². The summed E-state index contributed by atoms with van der Waals surface area (Å²) in [6.07, 6.45) is -0.0205. The highest BCUT2D eigenvalue weighted by atomic mass is 19.3. The third-order valence-electron chi connectivity index (χ3n) is 10.5. The Bertz CT molecular complexity index is 2010. The van der Waals surface area contributed by atoms with Gasteiger partial charge >= 0.3 is 6.01 Å². The first-order valence-corrected chi connectivity index (χ1v) is 16.6. The fourth-order valence-corrected chi connectivity index (χ4v) is 8.38. The van der Waals surface area contributed by atoms with Gasteiger partial charge in [-0.05, 0) is 56.3 Å². The van der Waals surface area contributed by atoms with Gasteiger partial charge < -0.3 is 24.8 Å². The first-order valence-electron chi connectivity index (χ1n) is 16.6. The number of hydrogen-bond acceptors (Lipinski definition) is 9. The van der Waals surface area contributed by atoms with Gasteiger partial charge in [0.2, 0.25) is 5.88 Å². The van der Waals surface area contributed by atoms with Crippen molar-refractivity contribution in [2.75, 3.05) is 37.7 Å². The van der Waals surface area contributed by atoms with Crippen LogP contribution in [0, 0.1) is 11.6 Å². The molecule has 0 radical (unpaired) electrons. The number of halogens is 5. The van der Waals surface area contributed by atoms with E-state index in [1.807, 2.05) is 6.92 Å². The van der Waals surface area contributed by atoms with E-state index in [9.17, 15) is 18.3 Å². The van der Waals surface area contributed by atoms with E-state index in [1.54, 1.807) is 0 Å². The smallest absolute Gasteiger partial charge is 0.319 e. The number of anilines is 1. The Hall–Kier alpha value is -4.30. The highest BCUT2D eigenvalue weighted by molar-refractivity contribution is 6.05. The van der Waals surface area contributed by atoms with Crippen LogP contribution in [0.2, 0.25) is 0 Å². The minimum Gasteiger partial charge on any atom is -0.508 e. The third-order valence-corrected chi connectivity index (χ3v) is 10.5. The van der Waals surface area contributed by atoms with Crippen LogP contribution in [0.5, 0.6) is 17.6 Å². The summed E-state index contributed by atoms with van der Waals surface area (Å²) in [6, 6.07) is 4.45. The molecule has 4 aromatic rings. The number of fused-ring (bicyclic) bond motifs is 4. The van der Waals surface area contributed by atoms with Crippen LogP contribution in [0.3, 0.4) is 0 Å². The molecule has 5 atom stereocenters. The van der Waals surface area contributed by atoms with Crippen molar-refractivity contribution in [1.82, 2.24) is 25.2 Å². The van der Waals surface area contributed by atoms with Crippen molar-refractivity contribution in [2.24, 2.45) is 0 Å². The van der Waals surface area contributed by atoms with Crippen molar-refractivity contribution in [2.45, 2.75) is 69.4 Å². The summed E-state index contributed by atoms with van der Waals surface area (Å²) < 4.78 is 86.4. The van der Waals surface area contributed by atoms with Crippen LogP contribution in [-0.4, -0.2) is 87.6 Å². The number of benzene rings is 2. The summed E-state index contributed by atoms with van der Waals surface area (Å²) in [5.74, 6) is -1.86. The Morgan fingerprint density at radius 2 is 2.00 bits per heavy atom. The lowest BCUT2D eigenvalue weighted by atomic mass is 9.95. The first-order chi connectivity index (χ1) is 23.5. The maximum atomic E-state index is 17.1. The van der Waals surface area contributed by atoms with E-state index in [2.05, 4.69) is 32.0 Å². The Balaban J connectivity index is 1.35. The number of aromatic nitrogens is 3. The Labute approximate surface area is 278 Å². The van der Waals surface area contributed by atoms with Crippen LogP contribution in [0.4, 0.5) is 27.8 Å². The fraction of sp³-hybridized carbons (Fsp3) is 0.457. The van der Waals surface area contributed by atoms with Gasteiger partial charge in [0.25, 0.3) is 6.08 Å². The normalized spacial score (nSPS) is 26.4. The van der Waals surface area contributed by atoms with Crippen LogP contribution in [-0.2, 0) is 0 Å². The average molecular weight is 683 g/mol. The number of nitrogens with one attached hydrogen (secondary N) is 1. The fourth-order valence-electron chi connectivity index (χ4n) is 8.38. The monoisotopic (exact) mass is 682 g/mol. The Morgan fingerprint density at radius 3 is 2.80 bits per heavy atom. The molecule has 0 spiro atoms. The largest absolute Gasteiger partial charge is 0.508 e. The van der Waals surface area contributed by atoms with Crippen LogP contribution in [0.1, 0.15) is 45.1 Å². The van der Waals surface area contributed by atoms with E-state index in [0.29, 0.717) is 31.4 Å². The van der Waals surface area contributed by atoms with Gasteiger partial charge in [-0.3, -0.25) is 4.90 Å². The van der Waals surface area contributed by atoms with E-state index in [-0.39, 0.29) is 81.9 Å². The molecular formula is C35H35F5N6O3. The molecule has 6 heterocycles. The number of rotatable bonds is 6. The molecule has 2 N–H and O–H groups in total. The first kappa shape index (κ1) is 31.9. The molecule has 0 aliphatic carbocycles. The molecule has 0 amide bonds. The van der Waals surface area contributed by atoms with Crippen molar-refractivity contribution in [3.8, 4) is 28.9 Å². The molecule has 14 heteroatoms. The molecule has 0 bridgehead atoms. The summed E-state index contributed by atoms with van der Waals surface area (Å²) in [7, 11) is 0. The zero-order valence-corrected chi connectivity index (χ0v) is 26.9. The summed E-state index contributed by atoms with van der Waals surface area (Å²) in [5.41, 5.74) is -1.71. The average Bonchev–Trinajstić information content (AvgIpc) is 3.54. The standard InChI is InChI=1S/C35H35F5N6O3/c1-3-24-25-15-48-33-28-31(29(40)30(42-33)22-10-20(47)9-18-5-6-23(37)21(27(18)22)11-26(38)39)43-34(44-32(28)46(25)13-17(2)41-24)49-16-35-7-4-8-45(35)14-19(36)12-35/h5-6,9-11,17,19,24-25,41,47H,3-4,7-8,12-16H2,1-2H3/t17-,19-,24+,25-,35+/m1/s1. The lowest BCUT2D eigenvalue weighted by Gasteiger charge is -2.44. The second kappa shape index (κ2) is 11.9. The van der Waals surface area contributed by atoms with E-state index in [1.165, 1.54) is 12.1 Å². The van der Waals surface area contributed by atoms with Crippen molar-refractivity contribution < 1.29 is 36.5 Å². The lowest BCUT2D eigenvalue weighted by Crippen LogP contribution is -2.63. The Morgan fingerprint density at radius 1 is 1.16 bits per heavy atom. The summed E-state index contributed by atoms with van der Waals surface area (Å²) in [4.78, 5) is 18.1. The molecule has 49 heavy (non-hydrogen) atoms. The maximum Gasteiger partial charge on any atom is 0.319 e. The van der Waals surface area contributed by atoms with Crippen molar-refractivity contribution >= 4 is 33.6 Å². The third kappa shape index (κ3) is 5.30. The van der Waals surface area contributed by atoms with Gasteiger partial charge in [0.05, 0.1) is 11.6 Å². The van der Waals surface area contributed by atoms with Gasteiger partial charge in [-0.1, -0.05) is 13.0 Å². The molecular weight excluding hydrogens is 647 g/mol. The summed E-state index contributed by atoms with van der Waals surface area (Å²) >= 11 is 0. The number of ether oxygens (including phenoxy) is 2. The number of aromatic hydroxyl groups is 1. The molecule has 9 nitrogen and oxygen atoms in total. The highest BCUT2D eigenvalue weighted by Crippen LogP contribution is 2.45. The second-order valence-electron chi connectivity index (χ2n) is 13.6. The molecule has 258 valence electrons. The molecule has 8 rings (SSSR count). The van der Waals surface area contributed by atoms with Crippen LogP contribution >= 0.6 is 0 Å². The van der Waals surface area contributed by atoms with Crippen LogP contribution in [0.25, 0.3) is 39.0 Å². The minimum atomic E-state index is -2.15. The van der Waals surface area contributed by atoms with E-state index >= 15 is 8.78 Å². The van der Waals surface area contributed by atoms with Crippen molar-refractivity contribution in [3.63, 3.8) is 0 Å². The Kier molecular flexibility index (Phi) is 7.78. The number of piperazine rings is 1. The molecule has 3 fully saturated rings. The molecule has 0 saturated carbocycles. The number of phenolic OH excluding ortho intramolecular Hbond substituents is 1. The molecule has 2 aromatic carbocycles. The number of pyridine rings is 1. The number of hydrogen-bond donors (Lipinski definition) is 2. The summed E-state index contributed by atoms with van der Waals surface area (Å²) in [6.45, 7) is 5.98. The van der Waals surface area contributed by atoms with Gasteiger partial charge in [0.1, 0.15) is 53.4 Å². The second-order valence-corrected chi connectivity index (χ2v) is 13.6. The molecule has 3 saturated heterocycles. The van der Waals surface area contributed by atoms with E-state index in [0.717, 1.165) is 37.9 Å². The van der Waals surface area contributed by atoms with Crippen molar-refractivity contribution in [1.29, 1.82) is 0 Å². The molecule has 4 aliphatic heterocycles. The van der Waals surface area contributed by atoms with Crippen LogP contribution in [0.15, 0.2) is 30.3 Å². The molecule has 2 aromatic heterocycles. The van der Waals surface area contributed by atoms with Crippen molar-refractivity contribution in [3.05, 3.63) is 47.5 Å². The van der Waals surface area contributed by atoms with Gasteiger partial charge in [0, 0.05) is 54.2 Å². The maximum absolute atomic E-state index is 17.1. The number of alkyl halides is 1. The lowest BCUT2D eigenvalue weighted by molar-refractivity contribution is 0.107. The van der Waals surface area contributed by atoms with E-state index < -0.39 is 35.0 Å². The number of phenols is 1.